The summed E-state index contributed by atoms with van der Waals surface area (Å²) in [4.78, 5) is 22.6. The van der Waals surface area contributed by atoms with Crippen molar-refractivity contribution in [2.24, 2.45) is 5.92 Å². The molecule has 1 N–H and O–H groups in total. The normalized spacial score (nSPS) is 15.5. The van der Waals surface area contributed by atoms with Crippen LogP contribution < -0.4 is 54.4 Å². The predicted molar refractivity (Wildman–Crippen MR) is 114 cm³/mol. The molecule has 2 aromatic carbocycles. The van der Waals surface area contributed by atoms with E-state index in [0.717, 1.165) is 28.0 Å². The summed E-state index contributed by atoms with van der Waals surface area (Å²) in [5.74, 6) is 1.24. The van der Waals surface area contributed by atoms with Gasteiger partial charge in [-0.15, -0.1) is 0 Å². The first-order valence-electron chi connectivity index (χ1n) is 10.1. The van der Waals surface area contributed by atoms with Crippen molar-refractivity contribution in [3.8, 4) is 11.5 Å². The zero-order valence-electron chi connectivity index (χ0n) is 17.6. The Labute approximate surface area is 212 Å². The zero-order chi connectivity index (χ0) is 21.4. The molecule has 0 saturated carbocycles. The molecule has 3 heterocycles. The Morgan fingerprint density at radius 3 is 2.72 bits per heavy atom. The number of carboxylic acids is 1. The third kappa shape index (κ3) is 4.59. The first-order chi connectivity index (χ1) is 15.1. The van der Waals surface area contributed by atoms with E-state index in [1.54, 1.807) is 0 Å². The molecule has 0 atom stereocenters. The van der Waals surface area contributed by atoms with Gasteiger partial charge in [0.05, 0.1) is 15.9 Å². The largest absolute Gasteiger partial charge is 1.00 e. The minimum Gasteiger partial charge on any atom is -0.550 e. The van der Waals surface area contributed by atoms with Gasteiger partial charge in [-0.05, 0) is 42.7 Å². The van der Waals surface area contributed by atoms with Crippen molar-refractivity contribution >= 4 is 40.2 Å². The zero-order valence-corrected chi connectivity index (χ0v) is 20.4. The Balaban J connectivity index is 0.00000245. The van der Waals surface area contributed by atoms with Gasteiger partial charge in [0.2, 0.25) is 12.7 Å². The fourth-order valence-electron chi connectivity index (χ4n) is 3.95. The number of carbonyl (C=O) groups excluding carboxylic acids is 1. The van der Waals surface area contributed by atoms with Gasteiger partial charge in [0.1, 0.15) is 5.82 Å². The second-order valence-electron chi connectivity index (χ2n) is 7.63. The number of benzene rings is 2. The molecule has 1 aromatic heterocycles. The summed E-state index contributed by atoms with van der Waals surface area (Å²) < 4.78 is 10.8. The van der Waals surface area contributed by atoms with E-state index in [9.17, 15) is 9.90 Å². The number of carboxylic acid groups (broad SMARTS) is 1. The van der Waals surface area contributed by atoms with Gasteiger partial charge in [-0.1, -0.05) is 23.7 Å². The van der Waals surface area contributed by atoms with Gasteiger partial charge >= 0.3 is 29.6 Å². The Kier molecular flexibility index (Phi) is 6.95. The molecule has 0 radical (unpaired) electrons. The van der Waals surface area contributed by atoms with Crippen molar-refractivity contribution in [2.45, 2.75) is 19.4 Å². The summed E-state index contributed by atoms with van der Waals surface area (Å²) >= 11 is 6.47. The van der Waals surface area contributed by atoms with Crippen molar-refractivity contribution in [2.75, 3.05) is 30.1 Å². The van der Waals surface area contributed by atoms with Gasteiger partial charge < -0.3 is 29.6 Å². The van der Waals surface area contributed by atoms with E-state index < -0.39 is 11.9 Å². The SMILES string of the molecule is O=C([O-])C1CCN(c2nc(NCc3ccc4c(c3)OCO4)c3c(Cl)cccc3n2)CC1.[Na+]. The molecule has 8 nitrogen and oxygen atoms in total. The summed E-state index contributed by atoms with van der Waals surface area (Å²) in [7, 11) is 0. The minimum absolute atomic E-state index is 0. The maximum atomic E-state index is 11.2. The topological polar surface area (TPSA) is 99.6 Å². The third-order valence-electron chi connectivity index (χ3n) is 5.67. The van der Waals surface area contributed by atoms with Gasteiger partial charge in [0, 0.05) is 31.5 Å². The van der Waals surface area contributed by atoms with Gasteiger partial charge in [-0.25, -0.2) is 4.98 Å². The fourth-order valence-corrected chi connectivity index (χ4v) is 4.21. The third-order valence-corrected chi connectivity index (χ3v) is 5.98. The van der Waals surface area contributed by atoms with Crippen LogP contribution in [-0.4, -0.2) is 35.8 Å². The number of hydrogen-bond acceptors (Lipinski definition) is 8. The number of nitrogens with zero attached hydrogens (tertiary/aromatic N) is 3. The fraction of sp³-hybridized carbons (Fsp3) is 0.318. The Hall–Kier alpha value is -2.26. The maximum absolute atomic E-state index is 11.2. The van der Waals surface area contributed by atoms with Crippen LogP contribution in [0.15, 0.2) is 36.4 Å². The molecule has 10 heteroatoms. The van der Waals surface area contributed by atoms with Crippen molar-refractivity contribution < 1.29 is 48.9 Å². The van der Waals surface area contributed by atoms with Crippen LogP contribution in [0.3, 0.4) is 0 Å². The van der Waals surface area contributed by atoms with E-state index in [4.69, 9.17) is 26.1 Å². The Bertz CT molecular complexity index is 1150. The van der Waals surface area contributed by atoms with E-state index >= 15 is 0 Å². The number of piperidine rings is 1. The number of anilines is 2. The molecular formula is C22H20ClN4NaO4. The number of aromatic nitrogens is 2. The summed E-state index contributed by atoms with van der Waals surface area (Å²) in [5.41, 5.74) is 1.74. The number of rotatable bonds is 5. The average Bonchev–Trinajstić information content (AvgIpc) is 3.25. The predicted octanol–water partition coefficient (Wildman–Crippen LogP) is -0.406. The summed E-state index contributed by atoms with van der Waals surface area (Å²) in [6.07, 6.45) is 1.03. The number of hydrogen-bond donors (Lipinski definition) is 1. The average molecular weight is 463 g/mol. The van der Waals surface area contributed by atoms with Gasteiger partial charge in [0.15, 0.2) is 11.5 Å². The van der Waals surface area contributed by atoms with Crippen LogP contribution in [0.5, 0.6) is 11.5 Å². The monoisotopic (exact) mass is 462 g/mol. The van der Waals surface area contributed by atoms with Crippen molar-refractivity contribution in [1.29, 1.82) is 0 Å². The number of nitrogens with one attached hydrogen (secondary N) is 1. The summed E-state index contributed by atoms with van der Waals surface area (Å²) in [6.45, 7) is 1.87. The first kappa shape index (κ1) is 22.9. The second-order valence-corrected chi connectivity index (χ2v) is 8.03. The quantitative estimate of drug-likeness (QED) is 0.511. The summed E-state index contributed by atoms with van der Waals surface area (Å²) in [6, 6.07) is 11.3. The molecule has 2 aliphatic rings. The first-order valence-corrected chi connectivity index (χ1v) is 10.5. The maximum Gasteiger partial charge on any atom is 1.00 e. The van der Waals surface area contributed by atoms with E-state index in [2.05, 4.69) is 10.3 Å². The smallest absolute Gasteiger partial charge is 0.550 e. The molecule has 3 aromatic rings. The standard InChI is InChI=1S/C22H21ClN4O4.Na/c23-15-2-1-3-16-19(15)20(24-11-13-4-5-17-18(10-13)31-12-30-17)26-22(25-16)27-8-6-14(7-9-27)21(28)29;/h1-5,10,14H,6-9,11-12H2,(H,28,29)(H,24,25,26);/q;+1/p-1. The van der Waals surface area contributed by atoms with Crippen LogP contribution in [0.25, 0.3) is 10.9 Å². The van der Waals surface area contributed by atoms with Crippen molar-refractivity contribution in [1.82, 2.24) is 9.97 Å². The molecule has 0 spiro atoms. The van der Waals surface area contributed by atoms with Crippen LogP contribution in [0.2, 0.25) is 5.02 Å². The van der Waals surface area contributed by atoms with Crippen molar-refractivity contribution in [3.05, 3.63) is 47.0 Å². The molecule has 1 saturated heterocycles. The number of aliphatic carboxylic acids is 1. The molecular weight excluding hydrogens is 443 g/mol. The van der Waals surface area contributed by atoms with Crippen molar-refractivity contribution in [3.63, 3.8) is 0 Å². The molecule has 0 bridgehead atoms. The summed E-state index contributed by atoms with van der Waals surface area (Å²) in [5, 5.41) is 15.8. The van der Waals surface area contributed by atoms with Crippen LogP contribution in [0.1, 0.15) is 18.4 Å². The van der Waals surface area contributed by atoms with E-state index in [0.29, 0.717) is 49.3 Å². The van der Waals surface area contributed by atoms with Gasteiger partial charge in [-0.3, -0.25) is 0 Å². The van der Waals surface area contributed by atoms with E-state index in [1.165, 1.54) is 0 Å². The van der Waals surface area contributed by atoms with Gasteiger partial charge in [0.25, 0.3) is 0 Å². The molecule has 5 rings (SSSR count). The van der Waals surface area contributed by atoms with Crippen LogP contribution in [-0.2, 0) is 11.3 Å². The Morgan fingerprint density at radius 1 is 1.16 bits per heavy atom. The molecule has 32 heavy (non-hydrogen) atoms. The number of fused-ring (bicyclic) bond motifs is 2. The minimum atomic E-state index is -0.989. The van der Waals surface area contributed by atoms with E-state index in [-0.39, 0.29) is 36.4 Å². The van der Waals surface area contributed by atoms with Crippen LogP contribution in [0.4, 0.5) is 11.8 Å². The van der Waals surface area contributed by atoms with E-state index in [1.807, 2.05) is 41.3 Å². The Morgan fingerprint density at radius 2 is 1.94 bits per heavy atom. The number of carbonyl (C=O) groups is 1. The molecule has 160 valence electrons. The number of halogens is 1. The van der Waals surface area contributed by atoms with Gasteiger partial charge in [-0.2, -0.15) is 4.98 Å². The molecule has 0 amide bonds. The number of ether oxygens (including phenoxy) is 2. The molecule has 0 unspecified atom stereocenters. The second kappa shape index (κ2) is 9.70. The molecule has 0 aliphatic carbocycles. The molecule has 1 fully saturated rings. The van der Waals surface area contributed by atoms with Crippen LogP contribution in [0, 0.1) is 5.92 Å². The van der Waals surface area contributed by atoms with Crippen LogP contribution >= 0.6 is 11.6 Å². The molecule has 2 aliphatic heterocycles.